The van der Waals surface area contributed by atoms with Gasteiger partial charge in [0, 0.05) is 12.1 Å². The molecular weight excluding hydrogens is 395 g/mol. The van der Waals surface area contributed by atoms with E-state index in [0.29, 0.717) is 17.4 Å². The summed E-state index contributed by atoms with van der Waals surface area (Å²) in [4.78, 5) is 8.56. The van der Waals surface area contributed by atoms with Gasteiger partial charge in [0.25, 0.3) is 0 Å². The molecule has 2 aromatic rings. The van der Waals surface area contributed by atoms with Crippen LogP contribution in [0.1, 0.15) is 50.3 Å². The number of anilines is 2. The molecule has 0 radical (unpaired) electrons. The van der Waals surface area contributed by atoms with Gasteiger partial charge in [-0.05, 0) is 32.6 Å². The molecule has 2 heterocycles. The zero-order chi connectivity index (χ0) is 20.4. The van der Waals surface area contributed by atoms with Gasteiger partial charge in [-0.25, -0.2) is 9.37 Å². The zero-order valence-corrected chi connectivity index (χ0v) is 17.1. The van der Waals surface area contributed by atoms with E-state index in [1.54, 1.807) is 0 Å². The van der Waals surface area contributed by atoms with Crippen molar-refractivity contribution in [1.29, 1.82) is 5.26 Å². The molecule has 154 valence electrons. The van der Waals surface area contributed by atoms with Crippen LogP contribution in [0.4, 0.5) is 16.0 Å². The van der Waals surface area contributed by atoms with Gasteiger partial charge in [0.2, 0.25) is 11.8 Å². The van der Waals surface area contributed by atoms with E-state index in [0.717, 1.165) is 43.5 Å². The number of hydrogen-bond acceptors (Lipinski definition) is 6. The predicted octanol–water partition coefficient (Wildman–Crippen LogP) is 4.76. The second-order valence-electron chi connectivity index (χ2n) is 7.90. The number of nitrogens with zero attached hydrogens (tertiary/aromatic N) is 5. The van der Waals surface area contributed by atoms with E-state index in [4.69, 9.17) is 21.6 Å². The Balaban J connectivity index is 1.41. The van der Waals surface area contributed by atoms with Crippen LogP contribution in [0.5, 0.6) is 5.88 Å². The number of ether oxygens (including phenoxy) is 1. The largest absolute Gasteiger partial charge is 0.476 e. The molecular formula is C20H24ClFN6O. The molecule has 2 unspecified atom stereocenters. The number of alkyl halides is 1. The predicted molar refractivity (Wildman–Crippen MR) is 107 cm³/mol. The van der Waals surface area contributed by atoms with Crippen LogP contribution in [0.3, 0.4) is 0 Å². The van der Waals surface area contributed by atoms with E-state index in [1.165, 1.54) is 6.20 Å². The lowest BCUT2D eigenvalue weighted by Gasteiger charge is -2.30. The lowest BCUT2D eigenvalue weighted by atomic mass is 9.81. The summed E-state index contributed by atoms with van der Waals surface area (Å²) in [6, 6.07) is 2.54. The Hall–Kier alpha value is -2.40. The lowest BCUT2D eigenvalue weighted by Crippen LogP contribution is -2.26. The first-order chi connectivity index (χ1) is 14.0. The first-order valence-electron chi connectivity index (χ1n) is 10.0. The number of hydrogen-bond donors (Lipinski definition) is 1. The Morgan fingerprint density at radius 2 is 2.17 bits per heavy atom. The highest BCUT2D eigenvalue weighted by Crippen LogP contribution is 2.38. The summed E-state index contributed by atoms with van der Waals surface area (Å²) in [7, 11) is 0. The maximum atomic E-state index is 14.0. The SMILES string of the molecule is Cc1nn(C2CC(C#N)C2)cc1Nc1ncc(Cl)c(OCC2CCCCC2F)n1. The Kier molecular flexibility index (Phi) is 5.86. The fourth-order valence-corrected chi connectivity index (χ4v) is 4.02. The van der Waals surface area contributed by atoms with Gasteiger partial charge >= 0.3 is 0 Å². The van der Waals surface area contributed by atoms with E-state index < -0.39 is 6.17 Å². The second kappa shape index (κ2) is 8.54. The molecule has 2 aromatic heterocycles. The number of rotatable bonds is 6. The average molecular weight is 419 g/mol. The highest BCUT2D eigenvalue weighted by molar-refractivity contribution is 6.31. The molecule has 0 amide bonds. The Morgan fingerprint density at radius 1 is 1.38 bits per heavy atom. The summed E-state index contributed by atoms with van der Waals surface area (Å²) in [6.45, 7) is 2.16. The highest BCUT2D eigenvalue weighted by Gasteiger charge is 2.31. The molecule has 7 nitrogen and oxygen atoms in total. The fraction of sp³-hybridized carbons (Fsp3) is 0.600. The van der Waals surface area contributed by atoms with E-state index in [1.807, 2.05) is 17.8 Å². The molecule has 9 heteroatoms. The average Bonchev–Trinajstić information content (AvgIpc) is 3.02. The topological polar surface area (TPSA) is 88.7 Å². The van der Waals surface area contributed by atoms with Gasteiger partial charge in [0.15, 0.2) is 0 Å². The van der Waals surface area contributed by atoms with Crippen molar-refractivity contribution in [3.63, 3.8) is 0 Å². The van der Waals surface area contributed by atoms with Crippen LogP contribution in [-0.2, 0) is 0 Å². The Bertz CT molecular complexity index is 907. The summed E-state index contributed by atoms with van der Waals surface area (Å²) in [6.07, 6.45) is 7.57. The first kappa shape index (κ1) is 19.9. The molecule has 4 rings (SSSR count). The number of aromatic nitrogens is 4. The van der Waals surface area contributed by atoms with Gasteiger partial charge < -0.3 is 10.1 Å². The molecule has 0 aromatic carbocycles. The summed E-state index contributed by atoms with van der Waals surface area (Å²) in [5.74, 6) is 0.596. The standard InChI is InChI=1S/C20H24ClFN6O/c1-12-18(10-28(27-12)15-6-13(7-15)8-23)25-20-24-9-16(21)19(26-20)29-11-14-4-2-3-5-17(14)22/h9-10,13-15,17H,2-7,11H2,1H3,(H,24,25,26). The van der Waals surface area contributed by atoms with Crippen LogP contribution in [0.25, 0.3) is 0 Å². The van der Waals surface area contributed by atoms with Crippen LogP contribution in [-0.4, -0.2) is 32.5 Å². The van der Waals surface area contributed by atoms with E-state index in [9.17, 15) is 4.39 Å². The van der Waals surface area contributed by atoms with Gasteiger partial charge in [-0.15, -0.1) is 0 Å². The molecule has 29 heavy (non-hydrogen) atoms. The van der Waals surface area contributed by atoms with Crippen molar-refractivity contribution in [2.45, 2.75) is 57.7 Å². The normalized spacial score (nSPS) is 26.4. The molecule has 0 bridgehead atoms. The van der Waals surface area contributed by atoms with E-state index >= 15 is 0 Å². The van der Waals surface area contributed by atoms with E-state index in [-0.39, 0.29) is 30.4 Å². The van der Waals surface area contributed by atoms with Crippen LogP contribution >= 0.6 is 11.6 Å². The van der Waals surface area contributed by atoms with E-state index in [2.05, 4.69) is 26.5 Å². The van der Waals surface area contributed by atoms with Crippen molar-refractivity contribution in [2.24, 2.45) is 11.8 Å². The number of nitriles is 1. The van der Waals surface area contributed by atoms with Gasteiger partial charge in [-0.3, -0.25) is 4.68 Å². The third-order valence-corrected chi connectivity index (χ3v) is 6.05. The lowest BCUT2D eigenvalue weighted by molar-refractivity contribution is 0.110. The smallest absolute Gasteiger partial charge is 0.237 e. The Labute approximate surface area is 174 Å². The summed E-state index contributed by atoms with van der Waals surface area (Å²) in [5.41, 5.74) is 1.60. The number of halogens is 2. The van der Waals surface area contributed by atoms with Crippen molar-refractivity contribution in [3.05, 3.63) is 23.1 Å². The van der Waals surface area contributed by atoms with Crippen molar-refractivity contribution < 1.29 is 9.13 Å². The Morgan fingerprint density at radius 3 is 2.93 bits per heavy atom. The van der Waals surface area contributed by atoms with Crippen molar-refractivity contribution in [3.8, 4) is 11.9 Å². The molecule has 2 atom stereocenters. The molecule has 0 saturated heterocycles. The summed E-state index contributed by atoms with van der Waals surface area (Å²) >= 11 is 6.17. The van der Waals surface area contributed by atoms with Gasteiger partial charge in [0.05, 0.1) is 42.2 Å². The number of aryl methyl sites for hydroxylation is 1. The quantitative estimate of drug-likeness (QED) is 0.727. The number of nitrogens with one attached hydrogen (secondary N) is 1. The third-order valence-electron chi connectivity index (χ3n) is 5.80. The van der Waals surface area contributed by atoms with Crippen molar-refractivity contribution in [2.75, 3.05) is 11.9 Å². The summed E-state index contributed by atoms with van der Waals surface area (Å²) < 4.78 is 21.7. The molecule has 1 N–H and O–H groups in total. The maximum Gasteiger partial charge on any atom is 0.237 e. The molecule has 2 aliphatic carbocycles. The van der Waals surface area contributed by atoms with Crippen LogP contribution in [0, 0.1) is 30.1 Å². The zero-order valence-electron chi connectivity index (χ0n) is 16.3. The minimum absolute atomic E-state index is 0.119. The second-order valence-corrected chi connectivity index (χ2v) is 8.31. The molecule has 2 fully saturated rings. The van der Waals surface area contributed by atoms with Gasteiger partial charge in [0.1, 0.15) is 11.2 Å². The fourth-order valence-electron chi connectivity index (χ4n) is 3.87. The van der Waals surface area contributed by atoms with Crippen molar-refractivity contribution >= 4 is 23.2 Å². The van der Waals surface area contributed by atoms with Crippen molar-refractivity contribution in [1.82, 2.24) is 19.7 Å². The van der Waals surface area contributed by atoms with Gasteiger partial charge in [-0.2, -0.15) is 15.3 Å². The van der Waals surface area contributed by atoms with Crippen LogP contribution in [0.2, 0.25) is 5.02 Å². The minimum Gasteiger partial charge on any atom is -0.476 e. The molecule has 2 saturated carbocycles. The monoisotopic (exact) mass is 418 g/mol. The van der Waals surface area contributed by atoms with Gasteiger partial charge in [-0.1, -0.05) is 24.4 Å². The summed E-state index contributed by atoms with van der Waals surface area (Å²) in [5, 5.41) is 16.9. The molecule has 0 aliphatic heterocycles. The third kappa shape index (κ3) is 4.45. The minimum atomic E-state index is -0.831. The first-order valence-corrected chi connectivity index (χ1v) is 10.4. The maximum absolute atomic E-state index is 14.0. The van der Waals surface area contributed by atoms with Crippen LogP contribution < -0.4 is 10.1 Å². The molecule has 0 spiro atoms. The van der Waals surface area contributed by atoms with Crippen LogP contribution in [0.15, 0.2) is 12.4 Å². The highest BCUT2D eigenvalue weighted by atomic mass is 35.5. The molecule has 2 aliphatic rings.